The van der Waals surface area contributed by atoms with E-state index in [1.165, 1.54) is 0 Å². The highest BCUT2D eigenvalue weighted by atomic mass is 19.2. The fourth-order valence-electron chi connectivity index (χ4n) is 2.65. The van der Waals surface area contributed by atoms with Crippen LogP contribution in [0.1, 0.15) is 58.4 Å². The molecule has 0 fully saturated rings. The van der Waals surface area contributed by atoms with Crippen molar-refractivity contribution in [2.45, 2.75) is 59.5 Å². The molecule has 0 heterocycles. The Hall–Kier alpha value is -2.22. The zero-order valence-corrected chi connectivity index (χ0v) is 18.2. The van der Waals surface area contributed by atoms with Gasteiger partial charge in [0.25, 0.3) is 0 Å². The van der Waals surface area contributed by atoms with E-state index < -0.39 is 41.3 Å². The second kappa shape index (κ2) is 14.0. The van der Waals surface area contributed by atoms with E-state index in [0.29, 0.717) is 18.9 Å². The van der Waals surface area contributed by atoms with E-state index in [4.69, 9.17) is 4.74 Å². The van der Waals surface area contributed by atoms with E-state index in [9.17, 15) is 26.7 Å². The third-order valence-electron chi connectivity index (χ3n) is 4.38. The quantitative estimate of drug-likeness (QED) is 0.0988. The van der Waals surface area contributed by atoms with Crippen LogP contribution in [0.2, 0.25) is 0 Å². The topological polar surface area (TPSA) is 38.3 Å². The van der Waals surface area contributed by atoms with Crippen LogP contribution in [0.15, 0.2) is 23.8 Å². The molecule has 3 nitrogen and oxygen atoms in total. The SMILES string of the molecule is CC(C=CCCCCCCOCc1c(F)c(F)c(F)c(F)c1F)=CC(=O)NCC(C)C. The van der Waals surface area contributed by atoms with Gasteiger partial charge in [0.15, 0.2) is 23.3 Å². The van der Waals surface area contributed by atoms with Gasteiger partial charge in [-0.05, 0) is 37.7 Å². The minimum atomic E-state index is -2.17. The largest absolute Gasteiger partial charge is 0.377 e. The van der Waals surface area contributed by atoms with Crippen LogP contribution in [0.3, 0.4) is 0 Å². The van der Waals surface area contributed by atoms with E-state index in [0.717, 1.165) is 31.3 Å². The van der Waals surface area contributed by atoms with Gasteiger partial charge < -0.3 is 10.1 Å². The summed E-state index contributed by atoms with van der Waals surface area (Å²) in [7, 11) is 0. The molecule has 1 rings (SSSR count). The van der Waals surface area contributed by atoms with Crippen molar-refractivity contribution in [3.63, 3.8) is 0 Å². The van der Waals surface area contributed by atoms with Gasteiger partial charge in [0.2, 0.25) is 11.7 Å². The maximum atomic E-state index is 13.5. The van der Waals surface area contributed by atoms with Crippen molar-refractivity contribution in [1.29, 1.82) is 0 Å². The van der Waals surface area contributed by atoms with E-state index in [1.807, 2.05) is 32.9 Å². The first-order valence-corrected chi connectivity index (χ1v) is 10.4. The number of hydrogen-bond acceptors (Lipinski definition) is 2. The third kappa shape index (κ3) is 9.63. The van der Waals surface area contributed by atoms with Gasteiger partial charge in [0.05, 0.1) is 12.2 Å². The maximum Gasteiger partial charge on any atom is 0.244 e. The van der Waals surface area contributed by atoms with Crippen LogP contribution in [0.5, 0.6) is 0 Å². The molecule has 0 aliphatic carbocycles. The zero-order chi connectivity index (χ0) is 23.4. The summed E-state index contributed by atoms with van der Waals surface area (Å²) in [5, 5.41) is 2.82. The van der Waals surface area contributed by atoms with Crippen LogP contribution in [0.25, 0.3) is 0 Å². The van der Waals surface area contributed by atoms with Crippen LogP contribution >= 0.6 is 0 Å². The number of carbonyl (C=O) groups excluding carboxylic acids is 1. The van der Waals surface area contributed by atoms with E-state index in [-0.39, 0.29) is 12.5 Å². The maximum absolute atomic E-state index is 13.5. The van der Waals surface area contributed by atoms with E-state index in [1.54, 1.807) is 6.08 Å². The number of nitrogens with one attached hydrogen (secondary N) is 1. The first-order valence-electron chi connectivity index (χ1n) is 10.4. The van der Waals surface area contributed by atoms with Crippen LogP contribution < -0.4 is 5.32 Å². The highest BCUT2D eigenvalue weighted by Crippen LogP contribution is 2.23. The molecule has 0 aromatic heterocycles. The van der Waals surface area contributed by atoms with Gasteiger partial charge in [-0.25, -0.2) is 22.0 Å². The lowest BCUT2D eigenvalue weighted by atomic mass is 10.1. The lowest BCUT2D eigenvalue weighted by Crippen LogP contribution is -2.25. The van der Waals surface area contributed by atoms with Crippen molar-refractivity contribution >= 4 is 5.91 Å². The number of benzene rings is 1. The van der Waals surface area contributed by atoms with Crippen molar-refractivity contribution in [3.05, 3.63) is 58.5 Å². The predicted molar refractivity (Wildman–Crippen MR) is 110 cm³/mol. The van der Waals surface area contributed by atoms with Crippen molar-refractivity contribution in [1.82, 2.24) is 5.32 Å². The number of ether oxygens (including phenoxy) is 1. The van der Waals surface area contributed by atoms with Gasteiger partial charge in [-0.1, -0.05) is 38.8 Å². The van der Waals surface area contributed by atoms with Gasteiger partial charge >= 0.3 is 0 Å². The number of halogens is 5. The molecule has 31 heavy (non-hydrogen) atoms. The highest BCUT2D eigenvalue weighted by molar-refractivity contribution is 5.88. The summed E-state index contributed by atoms with van der Waals surface area (Å²) >= 11 is 0. The summed E-state index contributed by atoms with van der Waals surface area (Å²) in [5.74, 6) is -9.53. The zero-order valence-electron chi connectivity index (χ0n) is 18.2. The monoisotopic (exact) mass is 447 g/mol. The summed E-state index contributed by atoms with van der Waals surface area (Å²) in [6, 6.07) is 0. The lowest BCUT2D eigenvalue weighted by molar-refractivity contribution is -0.116. The van der Waals surface area contributed by atoms with Crippen LogP contribution in [0.4, 0.5) is 22.0 Å². The lowest BCUT2D eigenvalue weighted by Gasteiger charge is -2.09. The number of hydrogen-bond donors (Lipinski definition) is 1. The molecular formula is C23H30F5NO2. The predicted octanol–water partition coefficient (Wildman–Crippen LogP) is 6.12. The summed E-state index contributed by atoms with van der Waals surface area (Å²) in [4.78, 5) is 11.7. The first-order chi connectivity index (χ1) is 14.6. The van der Waals surface area contributed by atoms with Gasteiger partial charge in [-0.2, -0.15) is 0 Å². The molecule has 0 atom stereocenters. The second-order valence-electron chi connectivity index (χ2n) is 7.73. The van der Waals surface area contributed by atoms with E-state index in [2.05, 4.69) is 5.32 Å². The van der Waals surface area contributed by atoms with Crippen LogP contribution in [0, 0.1) is 35.0 Å². The molecule has 0 saturated carbocycles. The Bertz CT molecular complexity index is 762. The molecule has 1 N–H and O–H groups in total. The number of allylic oxidation sites excluding steroid dienone is 3. The first kappa shape index (κ1) is 26.8. The Kier molecular flexibility index (Phi) is 12.1. The Morgan fingerprint density at radius 1 is 0.935 bits per heavy atom. The van der Waals surface area contributed by atoms with Crippen molar-refractivity contribution in [2.24, 2.45) is 5.92 Å². The minimum absolute atomic E-state index is 0.110. The number of carbonyl (C=O) groups is 1. The number of amides is 1. The van der Waals surface area contributed by atoms with Gasteiger partial charge in [-0.3, -0.25) is 4.79 Å². The summed E-state index contributed by atoms with van der Waals surface area (Å²) < 4.78 is 71.3. The molecule has 0 unspecified atom stereocenters. The molecule has 8 heteroatoms. The molecule has 0 saturated heterocycles. The Morgan fingerprint density at radius 2 is 1.52 bits per heavy atom. The minimum Gasteiger partial charge on any atom is -0.377 e. The van der Waals surface area contributed by atoms with E-state index >= 15 is 0 Å². The van der Waals surface area contributed by atoms with Gasteiger partial charge in [-0.15, -0.1) is 0 Å². The van der Waals surface area contributed by atoms with Crippen molar-refractivity contribution in [2.75, 3.05) is 13.2 Å². The average Bonchev–Trinajstić information content (AvgIpc) is 2.72. The molecule has 0 aliphatic heterocycles. The molecule has 1 aromatic rings. The fraction of sp³-hybridized carbons (Fsp3) is 0.522. The fourth-order valence-corrected chi connectivity index (χ4v) is 2.65. The number of unbranched alkanes of at least 4 members (excludes halogenated alkanes) is 4. The van der Waals surface area contributed by atoms with Crippen molar-refractivity contribution in [3.8, 4) is 0 Å². The molecule has 0 radical (unpaired) electrons. The van der Waals surface area contributed by atoms with Crippen LogP contribution in [-0.2, 0) is 16.1 Å². The van der Waals surface area contributed by atoms with Crippen molar-refractivity contribution < 1.29 is 31.5 Å². The summed E-state index contributed by atoms with van der Waals surface area (Å²) in [6.45, 7) is 6.02. The molecule has 0 bridgehead atoms. The Labute approximate surface area is 180 Å². The van der Waals surface area contributed by atoms with Gasteiger partial charge in [0, 0.05) is 19.2 Å². The molecule has 174 valence electrons. The Morgan fingerprint density at radius 3 is 2.13 bits per heavy atom. The summed E-state index contributed by atoms with van der Waals surface area (Å²) in [5.41, 5.74) is -0.0920. The molecule has 0 aliphatic rings. The highest BCUT2D eigenvalue weighted by Gasteiger charge is 2.25. The normalized spacial score (nSPS) is 12.2. The Balaban J connectivity index is 2.20. The smallest absolute Gasteiger partial charge is 0.244 e. The second-order valence-corrected chi connectivity index (χ2v) is 7.73. The third-order valence-corrected chi connectivity index (χ3v) is 4.38. The summed E-state index contributed by atoms with van der Waals surface area (Å²) in [6.07, 6.45) is 9.49. The van der Waals surface area contributed by atoms with Gasteiger partial charge in [0.1, 0.15) is 0 Å². The number of rotatable bonds is 13. The molecule has 1 amide bonds. The molecular weight excluding hydrogens is 417 g/mol. The molecule has 0 spiro atoms. The van der Waals surface area contributed by atoms with Crippen LogP contribution in [-0.4, -0.2) is 19.1 Å². The average molecular weight is 447 g/mol. The standard InChI is InChI=1S/C23H30F5NO2/c1-15(2)13-29-18(30)12-16(3)10-8-6-4-5-7-9-11-31-14-17-19(24)21(26)23(28)22(27)20(17)25/h8,10,12,15H,4-7,9,11,13-14H2,1-3H3,(H,29,30). The molecule has 1 aromatic carbocycles.